The van der Waals surface area contributed by atoms with Crippen molar-refractivity contribution >= 4 is 0 Å². The monoisotopic (exact) mass is 346 g/mol. The molecule has 0 aliphatic carbocycles. The van der Waals surface area contributed by atoms with E-state index >= 15 is 0 Å². The minimum absolute atomic E-state index is 0.229. The lowest BCUT2D eigenvalue weighted by Crippen LogP contribution is -2.05. The molecule has 0 radical (unpaired) electrons. The first-order chi connectivity index (χ1) is 12.0. The lowest BCUT2D eigenvalue weighted by Gasteiger charge is -2.10. The number of imidazole rings is 1. The topological polar surface area (TPSA) is 27.1 Å². The normalized spacial score (nSPS) is 11.5. The highest BCUT2D eigenvalue weighted by Gasteiger charge is 2.29. The molecule has 3 nitrogen and oxygen atoms in total. The summed E-state index contributed by atoms with van der Waals surface area (Å²) in [7, 11) is 0. The first-order valence-electron chi connectivity index (χ1n) is 7.84. The van der Waals surface area contributed by atoms with Crippen molar-refractivity contribution in [3.8, 4) is 5.75 Å². The molecule has 0 bridgehead atoms. The number of aryl methyl sites for hydroxylation is 2. The summed E-state index contributed by atoms with van der Waals surface area (Å²) in [6.45, 7) is 1.08. The van der Waals surface area contributed by atoms with Crippen molar-refractivity contribution in [2.24, 2.45) is 0 Å². The van der Waals surface area contributed by atoms with Gasteiger partial charge in [-0.05, 0) is 41.8 Å². The van der Waals surface area contributed by atoms with Crippen LogP contribution in [0.1, 0.15) is 16.7 Å². The Bertz CT molecular complexity index is 779. The molecule has 0 saturated carbocycles. The van der Waals surface area contributed by atoms with Crippen molar-refractivity contribution in [2.45, 2.75) is 25.7 Å². The summed E-state index contributed by atoms with van der Waals surface area (Å²) in [4.78, 5) is 4.00. The second kappa shape index (κ2) is 7.42. The van der Waals surface area contributed by atoms with E-state index in [-0.39, 0.29) is 6.61 Å². The minimum atomic E-state index is -4.31. The zero-order valence-electron chi connectivity index (χ0n) is 13.4. The number of aromatic nitrogens is 2. The second-order valence-corrected chi connectivity index (χ2v) is 5.68. The smallest absolute Gasteiger partial charge is 0.416 e. The average molecular weight is 346 g/mol. The highest BCUT2D eigenvalue weighted by Crippen LogP contribution is 2.29. The zero-order chi connectivity index (χ0) is 17.7. The maximum atomic E-state index is 12.5. The number of rotatable bonds is 6. The van der Waals surface area contributed by atoms with Gasteiger partial charge in [0.1, 0.15) is 12.4 Å². The summed E-state index contributed by atoms with van der Waals surface area (Å²) in [5.74, 6) is 0.686. The third-order valence-electron chi connectivity index (χ3n) is 3.83. The van der Waals surface area contributed by atoms with Crippen molar-refractivity contribution in [3.63, 3.8) is 0 Å². The van der Waals surface area contributed by atoms with Gasteiger partial charge in [0.2, 0.25) is 0 Å². The van der Waals surface area contributed by atoms with Crippen molar-refractivity contribution in [2.75, 3.05) is 0 Å². The summed E-state index contributed by atoms with van der Waals surface area (Å²) >= 11 is 0. The number of nitrogens with zero attached hydrogens (tertiary/aromatic N) is 2. The van der Waals surface area contributed by atoms with Crippen LogP contribution in [0.2, 0.25) is 0 Å². The van der Waals surface area contributed by atoms with E-state index in [1.54, 1.807) is 12.5 Å². The quantitative estimate of drug-likeness (QED) is 0.645. The molecule has 0 aliphatic heterocycles. The highest BCUT2D eigenvalue weighted by molar-refractivity contribution is 5.28. The van der Waals surface area contributed by atoms with Crippen LogP contribution < -0.4 is 4.74 Å². The summed E-state index contributed by atoms with van der Waals surface area (Å²) in [6.07, 6.45) is 2.02. The third-order valence-corrected chi connectivity index (χ3v) is 3.83. The lowest BCUT2D eigenvalue weighted by molar-refractivity contribution is -0.137. The molecule has 25 heavy (non-hydrogen) atoms. The predicted molar refractivity (Wildman–Crippen MR) is 88.1 cm³/mol. The van der Waals surface area contributed by atoms with Crippen molar-refractivity contribution in [1.29, 1.82) is 0 Å². The van der Waals surface area contributed by atoms with E-state index in [2.05, 4.69) is 4.98 Å². The van der Waals surface area contributed by atoms with E-state index < -0.39 is 11.7 Å². The van der Waals surface area contributed by atoms with Crippen LogP contribution in [-0.4, -0.2) is 9.55 Å². The molecule has 0 fully saturated rings. The molecule has 130 valence electrons. The van der Waals surface area contributed by atoms with Gasteiger partial charge in [0.25, 0.3) is 0 Å². The molecular weight excluding hydrogens is 329 g/mol. The molecule has 0 saturated heterocycles. The van der Waals surface area contributed by atoms with Crippen LogP contribution in [0.5, 0.6) is 5.75 Å². The van der Waals surface area contributed by atoms with Crippen LogP contribution in [0.25, 0.3) is 0 Å². The van der Waals surface area contributed by atoms with Crippen LogP contribution in [-0.2, 0) is 25.7 Å². The predicted octanol–water partition coefficient (Wildman–Crippen LogP) is 4.72. The van der Waals surface area contributed by atoms with Crippen molar-refractivity contribution in [3.05, 3.63) is 83.9 Å². The summed E-state index contributed by atoms with van der Waals surface area (Å²) in [6, 6.07) is 12.7. The first kappa shape index (κ1) is 17.1. The van der Waals surface area contributed by atoms with Gasteiger partial charge >= 0.3 is 6.18 Å². The van der Waals surface area contributed by atoms with E-state index in [9.17, 15) is 13.2 Å². The molecule has 3 aromatic rings. The molecule has 3 rings (SSSR count). The standard InChI is InChI=1S/C19H17F3N2O/c20-19(21,22)17-5-1-16(2-6-17)13-25-18-7-3-15(4-8-18)9-11-24-12-10-23-14-24/h1-8,10,12,14H,9,11,13H2. The molecule has 0 spiro atoms. The van der Waals surface area contributed by atoms with E-state index in [1.807, 2.05) is 35.0 Å². The number of hydrogen-bond acceptors (Lipinski definition) is 2. The summed E-state index contributed by atoms with van der Waals surface area (Å²) in [5, 5.41) is 0. The highest BCUT2D eigenvalue weighted by atomic mass is 19.4. The fraction of sp³-hybridized carbons (Fsp3) is 0.211. The largest absolute Gasteiger partial charge is 0.489 e. The minimum Gasteiger partial charge on any atom is -0.489 e. The van der Waals surface area contributed by atoms with Gasteiger partial charge in [-0.15, -0.1) is 0 Å². The molecule has 1 heterocycles. The van der Waals surface area contributed by atoms with Crippen molar-refractivity contribution < 1.29 is 17.9 Å². The average Bonchev–Trinajstić information content (AvgIpc) is 3.12. The van der Waals surface area contributed by atoms with E-state index in [1.165, 1.54) is 17.7 Å². The summed E-state index contributed by atoms with van der Waals surface area (Å²) < 4.78 is 45.2. The Kier molecular flexibility index (Phi) is 5.07. The van der Waals surface area contributed by atoms with E-state index in [4.69, 9.17) is 4.74 Å². The number of ether oxygens (including phenoxy) is 1. The van der Waals surface area contributed by atoms with Crippen molar-refractivity contribution in [1.82, 2.24) is 9.55 Å². The third kappa shape index (κ3) is 4.86. The molecule has 0 N–H and O–H groups in total. The maximum Gasteiger partial charge on any atom is 0.416 e. The van der Waals surface area contributed by atoms with Crippen LogP contribution in [0, 0.1) is 0 Å². The Balaban J connectivity index is 1.51. The van der Waals surface area contributed by atoms with Gasteiger partial charge < -0.3 is 9.30 Å². The second-order valence-electron chi connectivity index (χ2n) is 5.68. The molecule has 6 heteroatoms. The van der Waals surface area contributed by atoms with E-state index in [0.717, 1.165) is 25.1 Å². The van der Waals surface area contributed by atoms with Gasteiger partial charge in [-0.2, -0.15) is 13.2 Å². The SMILES string of the molecule is FC(F)(F)c1ccc(COc2ccc(CCn3ccnc3)cc2)cc1. The number of hydrogen-bond donors (Lipinski definition) is 0. The Morgan fingerprint density at radius 2 is 1.60 bits per heavy atom. The van der Waals surface area contributed by atoms with Gasteiger partial charge in [-0.3, -0.25) is 0 Å². The van der Waals surface area contributed by atoms with Crippen LogP contribution in [0.15, 0.2) is 67.3 Å². The summed E-state index contributed by atoms with van der Waals surface area (Å²) in [5.41, 5.74) is 1.21. The number of halogens is 3. The lowest BCUT2D eigenvalue weighted by atomic mass is 10.1. The molecule has 0 aliphatic rings. The maximum absolute atomic E-state index is 12.5. The molecular formula is C19H17F3N2O. The Morgan fingerprint density at radius 3 is 2.20 bits per heavy atom. The van der Waals surface area contributed by atoms with Crippen LogP contribution in [0.4, 0.5) is 13.2 Å². The number of alkyl halides is 3. The van der Waals surface area contributed by atoms with Gasteiger partial charge in [-0.25, -0.2) is 4.98 Å². The van der Waals surface area contributed by atoms with Gasteiger partial charge in [0.05, 0.1) is 11.9 Å². The Morgan fingerprint density at radius 1 is 0.920 bits per heavy atom. The molecule has 0 amide bonds. The van der Waals surface area contributed by atoms with E-state index in [0.29, 0.717) is 11.3 Å². The fourth-order valence-electron chi connectivity index (χ4n) is 2.39. The van der Waals surface area contributed by atoms with Gasteiger partial charge in [0, 0.05) is 18.9 Å². The molecule has 0 unspecified atom stereocenters. The number of benzene rings is 2. The first-order valence-corrected chi connectivity index (χ1v) is 7.84. The Hall–Kier alpha value is -2.76. The fourth-order valence-corrected chi connectivity index (χ4v) is 2.39. The van der Waals surface area contributed by atoms with Gasteiger partial charge in [0.15, 0.2) is 0 Å². The van der Waals surface area contributed by atoms with Crippen LogP contribution in [0.3, 0.4) is 0 Å². The molecule has 1 aromatic heterocycles. The molecule has 0 atom stereocenters. The Labute approximate surface area is 143 Å². The van der Waals surface area contributed by atoms with Crippen LogP contribution >= 0.6 is 0 Å². The zero-order valence-corrected chi connectivity index (χ0v) is 13.4. The van der Waals surface area contributed by atoms with Gasteiger partial charge in [-0.1, -0.05) is 24.3 Å². The molecule has 2 aromatic carbocycles.